The first-order valence-electron chi connectivity index (χ1n) is 8.06. The van der Waals surface area contributed by atoms with Gasteiger partial charge in [-0.1, -0.05) is 0 Å². The zero-order valence-corrected chi connectivity index (χ0v) is 14.3. The summed E-state index contributed by atoms with van der Waals surface area (Å²) in [4.78, 5) is 39.0. The van der Waals surface area contributed by atoms with Gasteiger partial charge >= 0.3 is 6.18 Å². The van der Waals surface area contributed by atoms with Crippen molar-refractivity contribution in [2.24, 2.45) is 5.41 Å². The molecule has 2 fully saturated rings. The monoisotopic (exact) mass is 367 g/mol. The van der Waals surface area contributed by atoms with Gasteiger partial charge in [0.25, 0.3) is 5.91 Å². The summed E-state index contributed by atoms with van der Waals surface area (Å²) >= 11 is 0. The molecule has 3 amide bonds. The van der Waals surface area contributed by atoms with E-state index in [0.717, 1.165) is 17.0 Å². The number of hydrazine groups is 1. The first-order chi connectivity index (χ1) is 11.9. The Bertz CT molecular complexity index is 880. The second-order valence-corrected chi connectivity index (χ2v) is 7.58. The Labute approximate surface area is 147 Å². The van der Waals surface area contributed by atoms with Crippen LogP contribution in [0.15, 0.2) is 18.2 Å². The molecule has 3 heterocycles. The smallest absolute Gasteiger partial charge is 0.283 e. The number of benzene rings is 1. The number of halogens is 3. The lowest BCUT2D eigenvalue weighted by molar-refractivity contribution is -0.150. The Balaban J connectivity index is 2.00. The molecule has 1 spiro atoms. The van der Waals surface area contributed by atoms with Crippen LogP contribution in [0.3, 0.4) is 0 Å². The van der Waals surface area contributed by atoms with E-state index < -0.39 is 40.4 Å². The highest BCUT2D eigenvalue weighted by Crippen LogP contribution is 2.55. The molecule has 9 heteroatoms. The Kier molecular flexibility index (Phi) is 2.97. The van der Waals surface area contributed by atoms with Crippen molar-refractivity contribution in [3.05, 3.63) is 29.3 Å². The van der Waals surface area contributed by atoms with E-state index >= 15 is 0 Å². The molecule has 3 aliphatic rings. The van der Waals surface area contributed by atoms with Crippen LogP contribution in [0, 0.1) is 5.41 Å². The Morgan fingerprint density at radius 3 is 2.27 bits per heavy atom. The molecule has 2 saturated heterocycles. The van der Waals surface area contributed by atoms with Crippen molar-refractivity contribution < 1.29 is 27.6 Å². The molecule has 0 aliphatic carbocycles. The number of anilines is 1. The Morgan fingerprint density at radius 2 is 1.73 bits per heavy atom. The zero-order chi connectivity index (χ0) is 19.2. The van der Waals surface area contributed by atoms with E-state index in [0.29, 0.717) is 5.69 Å². The molecule has 4 rings (SSSR count). The van der Waals surface area contributed by atoms with Gasteiger partial charge in [-0.3, -0.25) is 24.3 Å². The van der Waals surface area contributed by atoms with Crippen molar-refractivity contribution >= 4 is 23.4 Å². The van der Waals surface area contributed by atoms with Crippen LogP contribution in [0.4, 0.5) is 18.9 Å². The van der Waals surface area contributed by atoms with Gasteiger partial charge in [0.15, 0.2) is 5.54 Å². The summed E-state index contributed by atoms with van der Waals surface area (Å²) in [5.41, 5.74) is -3.07. The number of amides is 3. The van der Waals surface area contributed by atoms with Crippen LogP contribution in [0.25, 0.3) is 0 Å². The number of hydrogen-bond acceptors (Lipinski definition) is 4. The standard InChI is InChI=1S/C17H16F3N3O3/c1-15(2)8-22-11-5-4-9(17(18,19)20)6-10(11)16(23(22)13(15)25)7-12(24)21(3)14(16)26/h4-6H,7-8H2,1-3H3. The SMILES string of the molecule is CN1C(=O)CC2(C1=O)c1cc(C(F)(F)F)ccc1N1CC(C)(C)C(=O)N12. The summed E-state index contributed by atoms with van der Waals surface area (Å²) in [7, 11) is 1.28. The van der Waals surface area contributed by atoms with Gasteiger partial charge in [0.1, 0.15) is 0 Å². The second-order valence-electron chi connectivity index (χ2n) is 7.58. The minimum Gasteiger partial charge on any atom is -0.283 e. The average Bonchev–Trinajstić information content (AvgIpc) is 3.03. The molecule has 6 nitrogen and oxygen atoms in total. The number of imide groups is 1. The Hall–Kier alpha value is -2.58. The van der Waals surface area contributed by atoms with E-state index in [1.165, 1.54) is 23.1 Å². The van der Waals surface area contributed by atoms with E-state index in [1.807, 2.05) is 0 Å². The van der Waals surface area contributed by atoms with E-state index in [-0.39, 0.29) is 18.5 Å². The van der Waals surface area contributed by atoms with E-state index in [1.54, 1.807) is 13.8 Å². The summed E-state index contributed by atoms with van der Waals surface area (Å²) in [6.45, 7) is 3.63. The summed E-state index contributed by atoms with van der Waals surface area (Å²) in [5, 5.41) is 2.73. The quantitative estimate of drug-likeness (QED) is 0.657. The van der Waals surface area contributed by atoms with Gasteiger partial charge < -0.3 is 0 Å². The lowest BCUT2D eigenvalue weighted by atomic mass is 9.84. The maximum atomic E-state index is 13.2. The van der Waals surface area contributed by atoms with Crippen molar-refractivity contribution in [1.29, 1.82) is 0 Å². The van der Waals surface area contributed by atoms with E-state index in [9.17, 15) is 27.6 Å². The highest BCUT2D eigenvalue weighted by atomic mass is 19.4. The molecule has 3 aliphatic heterocycles. The van der Waals surface area contributed by atoms with Crippen LogP contribution in [-0.2, 0) is 26.1 Å². The van der Waals surface area contributed by atoms with E-state index in [2.05, 4.69) is 0 Å². The van der Waals surface area contributed by atoms with Gasteiger partial charge in [-0.05, 0) is 32.0 Å². The van der Waals surface area contributed by atoms with Gasteiger partial charge in [0, 0.05) is 12.6 Å². The fraction of sp³-hybridized carbons (Fsp3) is 0.471. The molecule has 0 N–H and O–H groups in total. The molecular weight excluding hydrogens is 351 g/mol. The maximum Gasteiger partial charge on any atom is 0.416 e. The lowest BCUT2D eigenvalue weighted by Crippen LogP contribution is -2.53. The summed E-state index contributed by atoms with van der Waals surface area (Å²) in [6.07, 6.45) is -4.96. The van der Waals surface area contributed by atoms with Crippen LogP contribution in [-0.4, -0.2) is 41.2 Å². The largest absolute Gasteiger partial charge is 0.416 e. The van der Waals surface area contributed by atoms with Crippen molar-refractivity contribution in [2.75, 3.05) is 18.6 Å². The first-order valence-corrected chi connectivity index (χ1v) is 8.06. The number of hydrogen-bond donors (Lipinski definition) is 0. The van der Waals surface area contributed by atoms with Crippen molar-refractivity contribution in [3.8, 4) is 0 Å². The molecule has 1 unspecified atom stereocenters. The topological polar surface area (TPSA) is 60.9 Å². The van der Waals surface area contributed by atoms with Gasteiger partial charge in [-0.25, -0.2) is 5.01 Å². The molecule has 0 radical (unpaired) electrons. The molecule has 26 heavy (non-hydrogen) atoms. The Morgan fingerprint density at radius 1 is 1.08 bits per heavy atom. The fourth-order valence-corrected chi connectivity index (χ4v) is 4.04. The number of rotatable bonds is 0. The molecule has 1 aromatic rings. The van der Waals surface area contributed by atoms with Crippen molar-refractivity contribution in [2.45, 2.75) is 32.0 Å². The van der Waals surface area contributed by atoms with Crippen LogP contribution < -0.4 is 5.01 Å². The number of carbonyl (C=O) groups excluding carboxylic acids is 3. The normalized spacial score (nSPS) is 27.0. The molecule has 138 valence electrons. The molecule has 0 bridgehead atoms. The average molecular weight is 367 g/mol. The molecule has 0 aromatic heterocycles. The maximum absolute atomic E-state index is 13.2. The van der Waals surface area contributed by atoms with Gasteiger partial charge in [0.2, 0.25) is 11.8 Å². The lowest BCUT2D eigenvalue weighted by Gasteiger charge is -2.33. The minimum atomic E-state index is -4.60. The summed E-state index contributed by atoms with van der Waals surface area (Å²) in [5.74, 6) is -1.60. The van der Waals surface area contributed by atoms with Gasteiger partial charge in [-0.2, -0.15) is 13.2 Å². The van der Waals surface area contributed by atoms with Crippen molar-refractivity contribution in [1.82, 2.24) is 9.91 Å². The third-order valence-electron chi connectivity index (χ3n) is 5.41. The van der Waals surface area contributed by atoms with Crippen molar-refractivity contribution in [3.63, 3.8) is 0 Å². The number of likely N-dealkylation sites (tertiary alicyclic amines) is 1. The van der Waals surface area contributed by atoms with E-state index in [4.69, 9.17) is 0 Å². The summed E-state index contributed by atoms with van der Waals surface area (Å²) < 4.78 is 39.6. The number of fused-ring (bicyclic) bond motifs is 5. The van der Waals surface area contributed by atoms with Crippen LogP contribution in [0.2, 0.25) is 0 Å². The van der Waals surface area contributed by atoms with Crippen LogP contribution >= 0.6 is 0 Å². The third kappa shape index (κ3) is 1.80. The van der Waals surface area contributed by atoms with Crippen LogP contribution in [0.5, 0.6) is 0 Å². The number of carbonyl (C=O) groups is 3. The first kappa shape index (κ1) is 16.9. The number of nitrogens with zero attached hydrogens (tertiary/aromatic N) is 3. The number of alkyl halides is 3. The molecule has 0 saturated carbocycles. The fourth-order valence-electron chi connectivity index (χ4n) is 4.04. The zero-order valence-electron chi connectivity index (χ0n) is 14.3. The molecule has 1 atom stereocenters. The third-order valence-corrected chi connectivity index (χ3v) is 5.41. The predicted molar refractivity (Wildman–Crippen MR) is 83.5 cm³/mol. The predicted octanol–water partition coefficient (Wildman–Crippen LogP) is 1.89. The minimum absolute atomic E-state index is 0.0545. The molecular formula is C17H16F3N3O3. The highest BCUT2D eigenvalue weighted by Gasteiger charge is 2.67. The molecule has 1 aromatic carbocycles. The number of likely N-dealkylation sites (N-methyl/N-ethyl adjacent to an activating group) is 1. The second kappa shape index (κ2) is 4.57. The van der Waals surface area contributed by atoms with Gasteiger partial charge in [0.05, 0.1) is 29.6 Å². The highest BCUT2D eigenvalue weighted by molar-refractivity contribution is 6.12. The van der Waals surface area contributed by atoms with Gasteiger partial charge in [-0.15, -0.1) is 0 Å². The van der Waals surface area contributed by atoms with Crippen LogP contribution in [0.1, 0.15) is 31.4 Å². The summed E-state index contributed by atoms with van der Waals surface area (Å²) in [6, 6.07) is 3.08.